The Bertz CT molecular complexity index is 928. The fourth-order valence-corrected chi connectivity index (χ4v) is 2.30. The summed E-state index contributed by atoms with van der Waals surface area (Å²) >= 11 is 0. The minimum Gasteiger partial charge on any atom is -0.497 e. The smallest absolute Gasteiger partial charge is 0.259 e. The molecule has 0 bridgehead atoms. The first kappa shape index (κ1) is 18.9. The zero-order valence-corrected chi connectivity index (χ0v) is 15.3. The van der Waals surface area contributed by atoms with E-state index >= 15 is 0 Å². The van der Waals surface area contributed by atoms with E-state index in [4.69, 9.17) is 9.47 Å². The van der Waals surface area contributed by atoms with Crippen LogP contribution in [0.3, 0.4) is 0 Å². The molecule has 0 fully saturated rings. The molecule has 2 aromatic carbocycles. The van der Waals surface area contributed by atoms with Crippen molar-refractivity contribution in [1.29, 1.82) is 0 Å². The number of hydrazone groups is 1. The Kier molecular flexibility index (Phi) is 6.57. The Balaban J connectivity index is 1.49. The van der Waals surface area contributed by atoms with Gasteiger partial charge in [0, 0.05) is 24.1 Å². The third-order valence-corrected chi connectivity index (χ3v) is 3.69. The zero-order valence-electron chi connectivity index (χ0n) is 15.3. The van der Waals surface area contributed by atoms with E-state index in [2.05, 4.69) is 20.8 Å². The van der Waals surface area contributed by atoms with E-state index < -0.39 is 0 Å². The summed E-state index contributed by atoms with van der Waals surface area (Å²) in [5, 5.41) is 6.96. The van der Waals surface area contributed by atoms with E-state index in [9.17, 15) is 4.79 Å². The summed E-state index contributed by atoms with van der Waals surface area (Å²) < 4.78 is 10.9. The van der Waals surface area contributed by atoms with Gasteiger partial charge in [0.15, 0.2) is 0 Å². The van der Waals surface area contributed by atoms with Crippen LogP contribution in [0.5, 0.6) is 17.2 Å². The monoisotopic (exact) mass is 376 g/mol. The number of nitrogens with one attached hydrogen (secondary N) is 2. The van der Waals surface area contributed by atoms with Gasteiger partial charge in [0.25, 0.3) is 5.91 Å². The molecule has 0 saturated carbocycles. The van der Waals surface area contributed by atoms with Crippen molar-refractivity contribution in [3.8, 4) is 17.2 Å². The first-order chi connectivity index (χ1) is 13.7. The van der Waals surface area contributed by atoms with Crippen LogP contribution in [0.1, 0.15) is 5.56 Å². The van der Waals surface area contributed by atoms with Gasteiger partial charge in [-0.2, -0.15) is 5.10 Å². The van der Waals surface area contributed by atoms with Gasteiger partial charge in [0.05, 0.1) is 19.9 Å². The molecule has 1 amide bonds. The van der Waals surface area contributed by atoms with Crippen LogP contribution in [0.4, 0.5) is 5.69 Å². The lowest BCUT2D eigenvalue weighted by Gasteiger charge is -2.09. The maximum absolute atomic E-state index is 11.9. The molecular formula is C21H20N4O3. The molecule has 0 aliphatic rings. The number of pyridine rings is 1. The van der Waals surface area contributed by atoms with Crippen molar-refractivity contribution >= 4 is 17.8 Å². The lowest BCUT2D eigenvalue weighted by Crippen LogP contribution is -2.25. The van der Waals surface area contributed by atoms with Crippen molar-refractivity contribution in [2.75, 3.05) is 19.0 Å². The molecule has 142 valence electrons. The van der Waals surface area contributed by atoms with Gasteiger partial charge in [-0.25, -0.2) is 5.43 Å². The van der Waals surface area contributed by atoms with Gasteiger partial charge in [0.2, 0.25) is 0 Å². The standard InChI is InChI=1S/C21H20N4O3/c1-27-18-5-7-19(8-6-18)28-20-4-2-3-17(13-20)23-15-21(26)25-24-14-16-9-11-22-12-10-16/h2-14,23H,15H2,1H3,(H,25,26)/b24-14+. The molecule has 1 heterocycles. The predicted molar refractivity (Wildman–Crippen MR) is 108 cm³/mol. The summed E-state index contributed by atoms with van der Waals surface area (Å²) in [5.41, 5.74) is 4.09. The number of carbonyl (C=O) groups excluding carboxylic acids is 1. The van der Waals surface area contributed by atoms with Crippen LogP contribution in [0.25, 0.3) is 0 Å². The van der Waals surface area contributed by atoms with Gasteiger partial charge in [-0.05, 0) is 54.1 Å². The molecule has 0 unspecified atom stereocenters. The van der Waals surface area contributed by atoms with Crippen LogP contribution in [0.15, 0.2) is 78.2 Å². The van der Waals surface area contributed by atoms with Gasteiger partial charge < -0.3 is 14.8 Å². The molecule has 0 spiro atoms. The number of benzene rings is 2. The second kappa shape index (κ2) is 9.72. The molecule has 3 aromatic rings. The maximum Gasteiger partial charge on any atom is 0.259 e. The van der Waals surface area contributed by atoms with Gasteiger partial charge in [-0.3, -0.25) is 9.78 Å². The quantitative estimate of drug-likeness (QED) is 0.465. The van der Waals surface area contributed by atoms with Crippen LogP contribution in [0.2, 0.25) is 0 Å². The van der Waals surface area contributed by atoms with E-state index in [1.54, 1.807) is 37.9 Å². The Hall–Kier alpha value is -3.87. The number of carbonyl (C=O) groups is 1. The van der Waals surface area contributed by atoms with Crippen molar-refractivity contribution in [3.63, 3.8) is 0 Å². The van der Waals surface area contributed by atoms with Crippen LogP contribution in [0, 0.1) is 0 Å². The van der Waals surface area contributed by atoms with Crippen LogP contribution < -0.4 is 20.2 Å². The fraction of sp³-hybridized carbons (Fsp3) is 0.0952. The number of amides is 1. The van der Waals surface area contributed by atoms with Crippen molar-refractivity contribution in [3.05, 3.63) is 78.6 Å². The number of methoxy groups -OCH3 is 1. The van der Waals surface area contributed by atoms with E-state index in [1.807, 2.05) is 48.5 Å². The number of hydrogen-bond acceptors (Lipinski definition) is 6. The molecular weight excluding hydrogens is 356 g/mol. The van der Waals surface area contributed by atoms with Crippen LogP contribution >= 0.6 is 0 Å². The summed E-state index contributed by atoms with van der Waals surface area (Å²) in [5.74, 6) is 1.86. The summed E-state index contributed by atoms with van der Waals surface area (Å²) in [6.07, 6.45) is 4.88. The highest BCUT2D eigenvalue weighted by Gasteiger charge is 2.02. The Morgan fingerprint density at radius 3 is 2.54 bits per heavy atom. The van der Waals surface area contributed by atoms with Crippen molar-refractivity contribution < 1.29 is 14.3 Å². The van der Waals surface area contributed by atoms with E-state index in [1.165, 1.54) is 0 Å². The number of ether oxygens (including phenoxy) is 2. The topological polar surface area (TPSA) is 84.8 Å². The summed E-state index contributed by atoms with van der Waals surface area (Å²) in [6, 6.07) is 18.3. The van der Waals surface area contributed by atoms with Crippen molar-refractivity contribution in [2.24, 2.45) is 5.10 Å². The van der Waals surface area contributed by atoms with Gasteiger partial charge >= 0.3 is 0 Å². The SMILES string of the molecule is COc1ccc(Oc2cccc(NCC(=O)N/N=C/c3ccncc3)c2)cc1. The average molecular weight is 376 g/mol. The highest BCUT2D eigenvalue weighted by atomic mass is 16.5. The zero-order chi connectivity index (χ0) is 19.6. The number of hydrogen-bond donors (Lipinski definition) is 2. The third kappa shape index (κ3) is 5.84. The third-order valence-electron chi connectivity index (χ3n) is 3.69. The van der Waals surface area contributed by atoms with Gasteiger partial charge in [-0.15, -0.1) is 0 Å². The minimum atomic E-state index is -0.258. The minimum absolute atomic E-state index is 0.0830. The van der Waals surface area contributed by atoms with Crippen molar-refractivity contribution in [1.82, 2.24) is 10.4 Å². The molecule has 28 heavy (non-hydrogen) atoms. The number of rotatable bonds is 8. The molecule has 3 rings (SSSR count). The average Bonchev–Trinajstić information content (AvgIpc) is 2.74. The first-order valence-electron chi connectivity index (χ1n) is 8.61. The molecule has 0 aliphatic carbocycles. The molecule has 1 aromatic heterocycles. The lowest BCUT2D eigenvalue weighted by atomic mass is 10.3. The van der Waals surface area contributed by atoms with Crippen molar-refractivity contribution in [2.45, 2.75) is 0 Å². The molecule has 0 radical (unpaired) electrons. The van der Waals surface area contributed by atoms with Crippen LogP contribution in [-0.4, -0.2) is 30.8 Å². The largest absolute Gasteiger partial charge is 0.497 e. The lowest BCUT2D eigenvalue weighted by molar-refractivity contribution is -0.119. The predicted octanol–water partition coefficient (Wildman–Crippen LogP) is 3.44. The Labute approximate surface area is 163 Å². The highest BCUT2D eigenvalue weighted by molar-refractivity contribution is 5.84. The number of aromatic nitrogens is 1. The summed E-state index contributed by atoms with van der Waals surface area (Å²) in [6.45, 7) is 0.0830. The Morgan fingerprint density at radius 1 is 1.04 bits per heavy atom. The second-order valence-electron chi connectivity index (χ2n) is 5.73. The number of anilines is 1. The molecule has 7 nitrogen and oxygen atoms in total. The maximum atomic E-state index is 11.9. The first-order valence-corrected chi connectivity index (χ1v) is 8.61. The Morgan fingerprint density at radius 2 is 1.79 bits per heavy atom. The van der Waals surface area contributed by atoms with E-state index in [0.29, 0.717) is 11.5 Å². The summed E-state index contributed by atoms with van der Waals surface area (Å²) in [7, 11) is 1.62. The molecule has 0 atom stereocenters. The van der Waals surface area contributed by atoms with E-state index in [-0.39, 0.29) is 12.5 Å². The second-order valence-corrected chi connectivity index (χ2v) is 5.73. The van der Waals surface area contributed by atoms with Gasteiger partial charge in [0.1, 0.15) is 17.2 Å². The number of nitrogens with zero attached hydrogens (tertiary/aromatic N) is 2. The molecule has 0 aliphatic heterocycles. The molecule has 7 heteroatoms. The molecule has 2 N–H and O–H groups in total. The normalized spacial score (nSPS) is 10.5. The summed E-state index contributed by atoms with van der Waals surface area (Å²) in [4.78, 5) is 15.8. The fourth-order valence-electron chi connectivity index (χ4n) is 2.30. The van der Waals surface area contributed by atoms with E-state index in [0.717, 1.165) is 17.0 Å². The highest BCUT2D eigenvalue weighted by Crippen LogP contribution is 2.25. The van der Waals surface area contributed by atoms with Crippen LogP contribution in [-0.2, 0) is 4.79 Å². The van der Waals surface area contributed by atoms with Gasteiger partial charge in [-0.1, -0.05) is 6.07 Å². The molecule has 0 saturated heterocycles.